The first-order valence-corrected chi connectivity index (χ1v) is 8.70. The first-order valence-electron chi connectivity index (χ1n) is 6.01. The molecule has 0 bridgehead atoms. The summed E-state index contributed by atoms with van der Waals surface area (Å²) in [5, 5.41) is 4.12. The third kappa shape index (κ3) is 3.22. The molecule has 1 heterocycles. The molecule has 0 saturated carbocycles. The van der Waals surface area contributed by atoms with Crippen molar-refractivity contribution in [3.8, 4) is 5.69 Å². The topological polar surface area (TPSA) is 52.0 Å². The van der Waals surface area contributed by atoms with Crippen molar-refractivity contribution in [2.45, 2.75) is 31.1 Å². The van der Waals surface area contributed by atoms with Crippen LogP contribution in [0, 0.1) is 5.82 Å². The fraction of sp³-hybridized carbons (Fsp3) is 0.308. The Morgan fingerprint density at radius 1 is 1.19 bits per heavy atom. The average Bonchev–Trinajstić information content (AvgIpc) is 2.67. The molecule has 2 rings (SSSR count). The van der Waals surface area contributed by atoms with Gasteiger partial charge in [0.1, 0.15) is 10.7 Å². The monoisotopic (exact) mass is 350 g/mol. The molecule has 4 nitrogen and oxygen atoms in total. The Morgan fingerprint density at radius 3 is 2.10 bits per heavy atom. The van der Waals surface area contributed by atoms with E-state index in [0.717, 1.165) is 0 Å². The molecule has 114 valence electrons. The van der Waals surface area contributed by atoms with Gasteiger partial charge in [-0.25, -0.2) is 17.5 Å². The predicted molar refractivity (Wildman–Crippen MR) is 80.3 cm³/mol. The van der Waals surface area contributed by atoms with Gasteiger partial charge >= 0.3 is 0 Å². The molecule has 0 saturated heterocycles. The molecule has 0 N–H and O–H groups in total. The number of hydrogen-bond acceptors (Lipinski definition) is 3. The molecule has 0 atom stereocenters. The van der Waals surface area contributed by atoms with Crippen LogP contribution < -0.4 is 0 Å². The van der Waals surface area contributed by atoms with Gasteiger partial charge in [0.25, 0.3) is 9.05 Å². The fourth-order valence-corrected chi connectivity index (χ4v) is 3.80. The zero-order chi connectivity index (χ0) is 16.0. The molecule has 0 aliphatic heterocycles. The van der Waals surface area contributed by atoms with Crippen molar-refractivity contribution in [1.29, 1.82) is 0 Å². The zero-order valence-electron chi connectivity index (χ0n) is 11.6. The lowest BCUT2D eigenvalue weighted by Gasteiger charge is -2.16. The molecular weight excluding hydrogens is 338 g/mol. The third-order valence-electron chi connectivity index (χ3n) is 2.81. The minimum atomic E-state index is -4.06. The molecule has 0 aliphatic carbocycles. The van der Waals surface area contributed by atoms with E-state index in [-0.39, 0.29) is 15.7 Å². The van der Waals surface area contributed by atoms with Crippen molar-refractivity contribution in [2.24, 2.45) is 0 Å². The molecular formula is C13H13Cl2FN2O2S. The number of hydrogen-bond donors (Lipinski definition) is 0. The van der Waals surface area contributed by atoms with Crippen LogP contribution in [0.25, 0.3) is 5.69 Å². The summed E-state index contributed by atoms with van der Waals surface area (Å²) in [6.07, 6.45) is 0. The van der Waals surface area contributed by atoms with Crippen LogP contribution in [-0.4, -0.2) is 18.2 Å². The van der Waals surface area contributed by atoms with Crippen LogP contribution in [-0.2, 0) is 14.5 Å². The minimum absolute atomic E-state index is 0.124. The van der Waals surface area contributed by atoms with Crippen molar-refractivity contribution >= 4 is 31.3 Å². The van der Waals surface area contributed by atoms with E-state index < -0.39 is 20.3 Å². The molecule has 0 unspecified atom stereocenters. The largest absolute Gasteiger partial charge is 0.266 e. The van der Waals surface area contributed by atoms with Gasteiger partial charge in [-0.1, -0.05) is 32.4 Å². The summed E-state index contributed by atoms with van der Waals surface area (Å²) in [6, 6.07) is 5.37. The van der Waals surface area contributed by atoms with Gasteiger partial charge < -0.3 is 0 Å². The van der Waals surface area contributed by atoms with E-state index in [1.165, 1.54) is 28.9 Å². The van der Waals surface area contributed by atoms with Gasteiger partial charge in [0.15, 0.2) is 5.15 Å². The highest BCUT2D eigenvalue weighted by molar-refractivity contribution is 8.13. The highest BCUT2D eigenvalue weighted by Crippen LogP contribution is 2.36. The molecule has 1 aromatic carbocycles. The van der Waals surface area contributed by atoms with Gasteiger partial charge in [0, 0.05) is 16.1 Å². The molecule has 0 amide bonds. The van der Waals surface area contributed by atoms with Gasteiger partial charge in [-0.05, 0) is 24.3 Å². The van der Waals surface area contributed by atoms with Crippen molar-refractivity contribution in [2.75, 3.05) is 0 Å². The van der Waals surface area contributed by atoms with E-state index in [0.29, 0.717) is 5.69 Å². The summed E-state index contributed by atoms with van der Waals surface area (Å²) in [6.45, 7) is 5.39. The predicted octanol–water partition coefficient (Wildman–Crippen LogP) is 3.89. The average molecular weight is 351 g/mol. The van der Waals surface area contributed by atoms with Crippen molar-refractivity contribution in [1.82, 2.24) is 9.78 Å². The summed E-state index contributed by atoms with van der Waals surface area (Å²) in [5.74, 6) is -0.414. The fourth-order valence-electron chi connectivity index (χ4n) is 1.84. The smallest absolute Gasteiger partial charge is 0.220 e. The van der Waals surface area contributed by atoms with E-state index in [2.05, 4.69) is 5.10 Å². The van der Waals surface area contributed by atoms with Crippen molar-refractivity contribution in [3.63, 3.8) is 0 Å². The van der Waals surface area contributed by atoms with E-state index in [4.69, 9.17) is 22.3 Å². The first kappa shape index (κ1) is 16.3. The Balaban J connectivity index is 2.76. The van der Waals surface area contributed by atoms with Crippen LogP contribution in [0.4, 0.5) is 4.39 Å². The minimum Gasteiger partial charge on any atom is -0.220 e. The van der Waals surface area contributed by atoms with Gasteiger partial charge in [-0.3, -0.25) is 0 Å². The van der Waals surface area contributed by atoms with Crippen LogP contribution in [0.15, 0.2) is 29.2 Å². The maximum absolute atomic E-state index is 13.0. The molecule has 0 fully saturated rings. The second-order valence-corrected chi connectivity index (χ2v) is 8.41. The number of aromatic nitrogens is 2. The first-order chi connectivity index (χ1) is 9.51. The van der Waals surface area contributed by atoms with Crippen molar-refractivity contribution < 1.29 is 12.8 Å². The third-order valence-corrected chi connectivity index (χ3v) is 4.61. The molecule has 0 radical (unpaired) electrons. The Morgan fingerprint density at radius 2 is 1.71 bits per heavy atom. The lowest BCUT2D eigenvalue weighted by molar-refractivity contribution is 0.544. The normalized spacial score (nSPS) is 12.7. The highest BCUT2D eigenvalue weighted by atomic mass is 35.7. The Kier molecular flexibility index (Phi) is 4.08. The molecule has 1 aromatic heterocycles. The molecule has 2 aromatic rings. The summed E-state index contributed by atoms with van der Waals surface area (Å²) in [7, 11) is 1.42. The zero-order valence-corrected chi connectivity index (χ0v) is 13.9. The van der Waals surface area contributed by atoms with Crippen LogP contribution in [0.5, 0.6) is 0 Å². The second-order valence-electron chi connectivity index (χ2n) is 5.54. The summed E-state index contributed by atoms with van der Waals surface area (Å²) in [4.78, 5) is -0.220. The Bertz CT molecular complexity index is 778. The van der Waals surface area contributed by atoms with Crippen LogP contribution in [0.1, 0.15) is 26.5 Å². The van der Waals surface area contributed by atoms with E-state index >= 15 is 0 Å². The van der Waals surface area contributed by atoms with Crippen molar-refractivity contribution in [3.05, 3.63) is 40.9 Å². The van der Waals surface area contributed by atoms with Crippen LogP contribution in [0.2, 0.25) is 5.15 Å². The maximum Gasteiger partial charge on any atom is 0.266 e. The van der Waals surface area contributed by atoms with E-state index in [1.807, 2.05) is 0 Å². The molecule has 21 heavy (non-hydrogen) atoms. The van der Waals surface area contributed by atoms with Gasteiger partial charge in [0.05, 0.1) is 11.4 Å². The van der Waals surface area contributed by atoms with Gasteiger partial charge in [-0.2, -0.15) is 5.10 Å². The SMILES string of the molecule is CC(C)(C)c1nn(-c2ccc(F)cc2)c(Cl)c1S(=O)(=O)Cl. The van der Waals surface area contributed by atoms with Crippen LogP contribution >= 0.6 is 22.3 Å². The second kappa shape index (κ2) is 5.26. The number of halogens is 3. The van der Waals surface area contributed by atoms with E-state index in [9.17, 15) is 12.8 Å². The molecule has 0 aliphatic rings. The maximum atomic E-state index is 13.0. The number of rotatable bonds is 2. The lowest BCUT2D eigenvalue weighted by atomic mass is 9.92. The quantitative estimate of drug-likeness (QED) is 0.772. The highest BCUT2D eigenvalue weighted by Gasteiger charge is 2.33. The summed E-state index contributed by atoms with van der Waals surface area (Å²) < 4.78 is 37.8. The number of nitrogens with zero attached hydrogens (tertiary/aromatic N) is 2. The molecule has 0 spiro atoms. The summed E-state index contributed by atoms with van der Waals surface area (Å²) in [5.41, 5.74) is 0.122. The number of benzene rings is 1. The lowest BCUT2D eigenvalue weighted by Crippen LogP contribution is -2.15. The Hall–Kier alpha value is -1.11. The van der Waals surface area contributed by atoms with Crippen LogP contribution in [0.3, 0.4) is 0 Å². The van der Waals surface area contributed by atoms with Gasteiger partial charge in [-0.15, -0.1) is 0 Å². The van der Waals surface area contributed by atoms with Gasteiger partial charge in [0.2, 0.25) is 0 Å². The Labute approximate surface area is 131 Å². The summed E-state index contributed by atoms with van der Waals surface area (Å²) >= 11 is 6.14. The standard InChI is InChI=1S/C13H13Cl2FN2O2S/c1-13(2,3)11-10(21(15,19)20)12(14)18(17-11)9-6-4-8(16)5-7-9/h4-7H,1-3H3. The molecule has 8 heteroatoms. The van der Waals surface area contributed by atoms with E-state index in [1.54, 1.807) is 20.8 Å².